The van der Waals surface area contributed by atoms with Crippen LogP contribution in [0.25, 0.3) is 0 Å². The Morgan fingerprint density at radius 2 is 2.11 bits per heavy atom. The van der Waals surface area contributed by atoms with E-state index in [0.29, 0.717) is 12.1 Å². The van der Waals surface area contributed by atoms with Gasteiger partial charge in [0.25, 0.3) is 5.91 Å². The first kappa shape index (κ1) is 13.8. The van der Waals surface area contributed by atoms with Gasteiger partial charge in [0.2, 0.25) is 0 Å². The number of hydrogen-bond acceptors (Lipinski definition) is 3. The van der Waals surface area contributed by atoms with Gasteiger partial charge in [-0.1, -0.05) is 11.2 Å². The van der Waals surface area contributed by atoms with Crippen molar-refractivity contribution in [1.82, 2.24) is 10.5 Å². The van der Waals surface area contributed by atoms with Gasteiger partial charge in [-0.05, 0) is 54.4 Å². The Kier molecular flexibility index (Phi) is 4.04. The number of nitrogens with zero attached hydrogens (tertiary/aromatic N) is 1. The number of aryl methyl sites for hydroxylation is 3. The van der Waals surface area contributed by atoms with Gasteiger partial charge in [0.15, 0.2) is 0 Å². The first-order valence-corrected chi connectivity index (χ1v) is 6.74. The summed E-state index contributed by atoms with van der Waals surface area (Å²) in [6.45, 7) is 6.10. The summed E-state index contributed by atoms with van der Waals surface area (Å²) in [6, 6.07) is 5.64. The summed E-state index contributed by atoms with van der Waals surface area (Å²) in [7, 11) is 0. The third-order valence-corrected chi connectivity index (χ3v) is 3.63. The Hall–Kier alpha value is -1.62. The van der Waals surface area contributed by atoms with Crippen molar-refractivity contribution < 1.29 is 9.32 Å². The Bertz CT molecular complexity index is 600. The summed E-state index contributed by atoms with van der Waals surface area (Å²) in [4.78, 5) is 12.1. The zero-order valence-corrected chi connectivity index (χ0v) is 12.7. The molecule has 1 aromatic heterocycles. The SMILES string of the molecule is Cc1ccc(C(=O)NCc2c(C)noc2C)c(Br)c1. The minimum atomic E-state index is -0.119. The van der Waals surface area contributed by atoms with Crippen LogP contribution in [-0.4, -0.2) is 11.1 Å². The van der Waals surface area contributed by atoms with Crippen LogP contribution in [0.1, 0.15) is 32.9 Å². The lowest BCUT2D eigenvalue weighted by molar-refractivity contribution is 0.0950. The minimum Gasteiger partial charge on any atom is -0.361 e. The van der Waals surface area contributed by atoms with Crippen molar-refractivity contribution in [2.45, 2.75) is 27.3 Å². The Morgan fingerprint density at radius 3 is 2.68 bits per heavy atom. The first-order valence-electron chi connectivity index (χ1n) is 5.95. The molecule has 0 unspecified atom stereocenters. The number of amides is 1. The van der Waals surface area contributed by atoms with Crippen LogP contribution >= 0.6 is 15.9 Å². The van der Waals surface area contributed by atoms with Crippen LogP contribution in [0.4, 0.5) is 0 Å². The van der Waals surface area contributed by atoms with Gasteiger partial charge in [0.1, 0.15) is 5.76 Å². The standard InChI is InChI=1S/C14H15BrN2O2/c1-8-4-5-11(13(15)6-8)14(18)16-7-12-9(2)17-19-10(12)3/h4-6H,7H2,1-3H3,(H,16,18). The lowest BCUT2D eigenvalue weighted by Crippen LogP contribution is -2.23. The number of benzene rings is 1. The monoisotopic (exact) mass is 322 g/mol. The molecule has 0 aliphatic carbocycles. The molecule has 0 aliphatic heterocycles. The summed E-state index contributed by atoms with van der Waals surface area (Å²) in [5, 5.41) is 6.73. The second kappa shape index (κ2) is 5.57. The zero-order chi connectivity index (χ0) is 14.0. The molecule has 1 aromatic carbocycles. The molecule has 2 aromatic rings. The molecule has 0 fully saturated rings. The molecule has 0 aliphatic rings. The van der Waals surface area contributed by atoms with Crippen LogP contribution in [0.5, 0.6) is 0 Å². The third kappa shape index (κ3) is 3.04. The molecule has 0 spiro atoms. The van der Waals surface area contributed by atoms with Gasteiger partial charge in [-0.15, -0.1) is 0 Å². The van der Waals surface area contributed by atoms with E-state index in [1.54, 1.807) is 0 Å². The van der Waals surface area contributed by atoms with Gasteiger partial charge in [0.05, 0.1) is 11.3 Å². The Balaban J connectivity index is 2.10. The molecule has 4 nitrogen and oxygen atoms in total. The van der Waals surface area contributed by atoms with Gasteiger partial charge in [-0.2, -0.15) is 0 Å². The molecule has 0 bridgehead atoms. The van der Waals surface area contributed by atoms with Crippen molar-refractivity contribution in [2.24, 2.45) is 0 Å². The van der Waals surface area contributed by atoms with Crippen molar-refractivity contribution in [1.29, 1.82) is 0 Å². The number of nitrogens with one attached hydrogen (secondary N) is 1. The maximum atomic E-state index is 12.1. The van der Waals surface area contributed by atoms with Gasteiger partial charge in [0, 0.05) is 16.6 Å². The van der Waals surface area contributed by atoms with Crippen LogP contribution in [-0.2, 0) is 6.54 Å². The van der Waals surface area contributed by atoms with Crippen molar-refractivity contribution in [3.05, 3.63) is 50.8 Å². The van der Waals surface area contributed by atoms with E-state index in [1.807, 2.05) is 39.0 Å². The van der Waals surface area contributed by atoms with Crippen molar-refractivity contribution in [3.8, 4) is 0 Å². The van der Waals surface area contributed by atoms with Crippen LogP contribution in [0, 0.1) is 20.8 Å². The number of hydrogen-bond donors (Lipinski definition) is 1. The van der Waals surface area contributed by atoms with E-state index in [4.69, 9.17) is 4.52 Å². The van der Waals surface area contributed by atoms with Gasteiger partial charge in [-0.25, -0.2) is 0 Å². The predicted octanol–water partition coefficient (Wildman–Crippen LogP) is 3.29. The highest BCUT2D eigenvalue weighted by molar-refractivity contribution is 9.10. The smallest absolute Gasteiger partial charge is 0.252 e. The van der Waals surface area contributed by atoms with E-state index in [1.165, 1.54) is 0 Å². The summed E-state index contributed by atoms with van der Waals surface area (Å²) < 4.78 is 5.86. The molecule has 0 atom stereocenters. The number of aromatic nitrogens is 1. The third-order valence-electron chi connectivity index (χ3n) is 2.98. The maximum Gasteiger partial charge on any atom is 0.252 e. The molecule has 100 valence electrons. The average molecular weight is 323 g/mol. The summed E-state index contributed by atoms with van der Waals surface area (Å²) >= 11 is 3.40. The summed E-state index contributed by atoms with van der Waals surface area (Å²) in [6.07, 6.45) is 0. The minimum absolute atomic E-state index is 0.119. The van der Waals surface area contributed by atoms with Crippen LogP contribution in [0.3, 0.4) is 0 Å². The van der Waals surface area contributed by atoms with E-state index in [-0.39, 0.29) is 5.91 Å². The fraction of sp³-hybridized carbons (Fsp3) is 0.286. The highest BCUT2D eigenvalue weighted by Crippen LogP contribution is 2.19. The molecule has 2 rings (SSSR count). The molecule has 0 saturated heterocycles. The topological polar surface area (TPSA) is 55.1 Å². The molecule has 1 N–H and O–H groups in total. The number of halogens is 1. The normalized spacial score (nSPS) is 10.5. The highest BCUT2D eigenvalue weighted by Gasteiger charge is 2.13. The Morgan fingerprint density at radius 1 is 1.37 bits per heavy atom. The Labute approximate surface area is 120 Å². The van der Waals surface area contributed by atoms with Gasteiger partial charge < -0.3 is 9.84 Å². The lowest BCUT2D eigenvalue weighted by Gasteiger charge is -2.07. The molecular formula is C14H15BrN2O2. The van der Waals surface area contributed by atoms with Crippen molar-refractivity contribution in [3.63, 3.8) is 0 Å². The molecular weight excluding hydrogens is 308 g/mol. The second-order valence-corrected chi connectivity index (χ2v) is 5.32. The van der Waals surface area contributed by atoms with Gasteiger partial charge >= 0.3 is 0 Å². The predicted molar refractivity (Wildman–Crippen MR) is 76.0 cm³/mol. The van der Waals surface area contributed by atoms with E-state index in [0.717, 1.165) is 27.1 Å². The fourth-order valence-corrected chi connectivity index (χ4v) is 2.50. The van der Waals surface area contributed by atoms with Crippen molar-refractivity contribution in [2.75, 3.05) is 0 Å². The number of carbonyl (C=O) groups is 1. The van der Waals surface area contributed by atoms with Gasteiger partial charge in [-0.3, -0.25) is 4.79 Å². The first-order chi connectivity index (χ1) is 8.99. The summed E-state index contributed by atoms with van der Waals surface area (Å²) in [5.41, 5.74) is 3.46. The maximum absolute atomic E-state index is 12.1. The van der Waals surface area contributed by atoms with E-state index in [9.17, 15) is 4.79 Å². The number of rotatable bonds is 3. The fourth-order valence-electron chi connectivity index (χ4n) is 1.82. The van der Waals surface area contributed by atoms with Crippen molar-refractivity contribution >= 4 is 21.8 Å². The zero-order valence-electron chi connectivity index (χ0n) is 11.1. The van der Waals surface area contributed by atoms with E-state index < -0.39 is 0 Å². The molecule has 0 radical (unpaired) electrons. The largest absolute Gasteiger partial charge is 0.361 e. The molecule has 1 amide bonds. The second-order valence-electron chi connectivity index (χ2n) is 4.47. The summed E-state index contributed by atoms with van der Waals surface area (Å²) in [5.74, 6) is 0.618. The van der Waals surface area contributed by atoms with Crippen LogP contribution in [0.2, 0.25) is 0 Å². The molecule has 19 heavy (non-hydrogen) atoms. The number of carbonyl (C=O) groups excluding carboxylic acids is 1. The van der Waals surface area contributed by atoms with Crippen LogP contribution < -0.4 is 5.32 Å². The quantitative estimate of drug-likeness (QED) is 0.943. The van der Waals surface area contributed by atoms with Crippen LogP contribution in [0.15, 0.2) is 27.2 Å². The average Bonchev–Trinajstić information content (AvgIpc) is 2.66. The molecule has 0 saturated carbocycles. The van der Waals surface area contributed by atoms with E-state index in [2.05, 4.69) is 26.4 Å². The highest BCUT2D eigenvalue weighted by atomic mass is 79.9. The molecule has 1 heterocycles. The molecule has 5 heteroatoms. The van der Waals surface area contributed by atoms with E-state index >= 15 is 0 Å². The lowest BCUT2D eigenvalue weighted by atomic mass is 10.1.